The van der Waals surface area contributed by atoms with E-state index in [9.17, 15) is 9.59 Å². The molecule has 2 aliphatic rings. The summed E-state index contributed by atoms with van der Waals surface area (Å²) in [5, 5.41) is 3.02. The number of oxazole rings is 1. The smallest absolute Gasteiger partial charge is 0.249 e. The molecule has 0 bridgehead atoms. The molecule has 0 saturated carbocycles. The molecule has 0 atom stereocenters. The van der Waals surface area contributed by atoms with Gasteiger partial charge in [0.25, 0.3) is 0 Å². The highest BCUT2D eigenvalue weighted by Crippen LogP contribution is 2.27. The van der Waals surface area contributed by atoms with Gasteiger partial charge in [-0.1, -0.05) is 18.2 Å². The average Bonchev–Trinajstić information content (AvgIpc) is 3.29. The molecule has 1 N–H and O–H groups in total. The molecule has 2 aromatic carbocycles. The second-order valence-electron chi connectivity index (χ2n) is 8.59. The van der Waals surface area contributed by atoms with Gasteiger partial charge < -0.3 is 14.6 Å². The summed E-state index contributed by atoms with van der Waals surface area (Å²) in [4.78, 5) is 31.9. The molecular formula is C26H27N3O3. The summed E-state index contributed by atoms with van der Waals surface area (Å²) in [5.41, 5.74) is 4.15. The van der Waals surface area contributed by atoms with Crippen LogP contribution in [0.5, 0.6) is 0 Å². The van der Waals surface area contributed by atoms with Crippen LogP contribution in [0, 0.1) is 5.92 Å². The summed E-state index contributed by atoms with van der Waals surface area (Å²) in [6.45, 7) is 1.29. The van der Waals surface area contributed by atoms with Crippen molar-refractivity contribution in [1.82, 2.24) is 9.88 Å². The van der Waals surface area contributed by atoms with Crippen LogP contribution in [0.4, 0.5) is 5.69 Å². The number of para-hydroxylation sites is 2. The number of likely N-dealkylation sites (tertiary alicyclic amines) is 1. The lowest BCUT2D eigenvalue weighted by atomic mass is 9.93. The van der Waals surface area contributed by atoms with E-state index in [-0.39, 0.29) is 17.7 Å². The number of hydrogen-bond donors (Lipinski definition) is 1. The van der Waals surface area contributed by atoms with Crippen molar-refractivity contribution in [3.05, 3.63) is 60.2 Å². The van der Waals surface area contributed by atoms with Crippen molar-refractivity contribution in [3.8, 4) is 11.5 Å². The molecule has 1 aliphatic carbocycles. The first kappa shape index (κ1) is 20.5. The predicted octanol–water partition coefficient (Wildman–Crippen LogP) is 5.17. The summed E-state index contributed by atoms with van der Waals surface area (Å²) < 4.78 is 5.81. The number of carbonyl (C=O) groups is 2. The molecular weight excluding hydrogens is 402 g/mol. The zero-order valence-electron chi connectivity index (χ0n) is 18.0. The van der Waals surface area contributed by atoms with Crippen molar-refractivity contribution in [2.75, 3.05) is 18.4 Å². The number of rotatable bonds is 4. The number of fused-ring (bicyclic) bond motifs is 1. The minimum atomic E-state index is -0.0731. The number of nitrogens with one attached hydrogen (secondary N) is 1. The van der Waals surface area contributed by atoms with Gasteiger partial charge in [0.15, 0.2) is 5.58 Å². The third kappa shape index (κ3) is 4.31. The van der Waals surface area contributed by atoms with Gasteiger partial charge in [0.05, 0.1) is 0 Å². The quantitative estimate of drug-likeness (QED) is 0.621. The molecule has 2 amide bonds. The molecule has 1 aromatic heterocycles. The molecule has 5 rings (SSSR count). The highest BCUT2D eigenvalue weighted by atomic mass is 16.3. The molecule has 32 heavy (non-hydrogen) atoms. The Hall–Kier alpha value is -3.41. The van der Waals surface area contributed by atoms with Crippen molar-refractivity contribution < 1.29 is 14.0 Å². The Morgan fingerprint density at radius 2 is 1.78 bits per heavy atom. The van der Waals surface area contributed by atoms with E-state index >= 15 is 0 Å². The summed E-state index contributed by atoms with van der Waals surface area (Å²) >= 11 is 0. The van der Waals surface area contributed by atoms with Gasteiger partial charge in [-0.05, 0) is 74.9 Å². The van der Waals surface area contributed by atoms with Gasteiger partial charge in [-0.15, -0.1) is 0 Å². The Labute approximate surface area is 187 Å². The van der Waals surface area contributed by atoms with Crippen molar-refractivity contribution in [3.63, 3.8) is 0 Å². The maximum atomic E-state index is 12.8. The van der Waals surface area contributed by atoms with E-state index in [0.29, 0.717) is 31.8 Å². The number of allylic oxidation sites excluding steroid dienone is 1. The van der Waals surface area contributed by atoms with E-state index in [0.717, 1.165) is 47.2 Å². The Morgan fingerprint density at radius 3 is 2.50 bits per heavy atom. The monoisotopic (exact) mass is 429 g/mol. The van der Waals surface area contributed by atoms with Crippen molar-refractivity contribution in [2.24, 2.45) is 5.92 Å². The fourth-order valence-electron chi connectivity index (χ4n) is 4.52. The zero-order valence-corrected chi connectivity index (χ0v) is 18.0. The largest absolute Gasteiger partial charge is 0.436 e. The fourth-order valence-corrected chi connectivity index (χ4v) is 4.52. The molecule has 1 saturated heterocycles. The molecule has 0 spiro atoms. The van der Waals surface area contributed by atoms with Crippen LogP contribution in [0.15, 0.2) is 64.6 Å². The SMILES string of the molecule is O=C(Nc1ccc(-c2nc3ccccc3o2)cc1)C1CCN(C(=O)C2=CCCCC2)CC1. The van der Waals surface area contributed by atoms with E-state index < -0.39 is 0 Å². The lowest BCUT2D eigenvalue weighted by Gasteiger charge is -2.32. The number of nitrogens with zero attached hydrogens (tertiary/aromatic N) is 2. The minimum Gasteiger partial charge on any atom is -0.436 e. The van der Waals surface area contributed by atoms with Crippen molar-refractivity contribution in [1.29, 1.82) is 0 Å². The number of hydrogen-bond acceptors (Lipinski definition) is 4. The normalized spacial score (nSPS) is 17.2. The highest BCUT2D eigenvalue weighted by molar-refractivity contribution is 5.95. The van der Waals surface area contributed by atoms with Crippen LogP contribution in [0.3, 0.4) is 0 Å². The maximum absolute atomic E-state index is 12.8. The molecule has 2 heterocycles. The summed E-state index contributed by atoms with van der Waals surface area (Å²) in [5.74, 6) is 0.673. The van der Waals surface area contributed by atoms with E-state index in [4.69, 9.17) is 4.42 Å². The minimum absolute atomic E-state index is 0.0172. The van der Waals surface area contributed by atoms with Gasteiger partial charge in [-0.3, -0.25) is 9.59 Å². The molecule has 1 aliphatic heterocycles. The zero-order chi connectivity index (χ0) is 21.9. The van der Waals surface area contributed by atoms with Crippen LogP contribution < -0.4 is 5.32 Å². The molecule has 1 fully saturated rings. The number of amides is 2. The Morgan fingerprint density at radius 1 is 1.00 bits per heavy atom. The number of anilines is 1. The molecule has 0 radical (unpaired) electrons. The predicted molar refractivity (Wildman–Crippen MR) is 124 cm³/mol. The van der Waals surface area contributed by atoms with Crippen LogP contribution in [0.1, 0.15) is 38.5 Å². The second kappa shape index (κ2) is 8.99. The van der Waals surface area contributed by atoms with Crippen molar-refractivity contribution >= 4 is 28.6 Å². The first-order chi connectivity index (χ1) is 15.7. The van der Waals surface area contributed by atoms with E-state index in [2.05, 4.69) is 16.4 Å². The van der Waals surface area contributed by atoms with Crippen LogP contribution >= 0.6 is 0 Å². The maximum Gasteiger partial charge on any atom is 0.249 e. The molecule has 6 nitrogen and oxygen atoms in total. The van der Waals surface area contributed by atoms with Crippen molar-refractivity contribution in [2.45, 2.75) is 38.5 Å². The first-order valence-corrected chi connectivity index (χ1v) is 11.4. The summed E-state index contributed by atoms with van der Waals surface area (Å²) in [6.07, 6.45) is 7.66. The first-order valence-electron chi connectivity index (χ1n) is 11.4. The number of benzene rings is 2. The van der Waals surface area contributed by atoms with E-state index in [1.807, 2.05) is 53.4 Å². The number of piperidine rings is 1. The lowest BCUT2D eigenvalue weighted by Crippen LogP contribution is -2.42. The van der Waals surface area contributed by atoms with Crippen LogP contribution in [-0.2, 0) is 9.59 Å². The molecule has 0 unspecified atom stereocenters. The number of aromatic nitrogens is 1. The Kier molecular flexibility index (Phi) is 5.75. The standard InChI is InChI=1S/C26H27N3O3/c30-24(18-14-16-29(17-15-18)26(31)20-6-2-1-3-7-20)27-21-12-10-19(11-13-21)25-28-22-8-4-5-9-23(22)32-25/h4-6,8-13,18H,1-3,7,14-17H2,(H,27,30). The third-order valence-electron chi connectivity index (χ3n) is 6.41. The van der Waals surface area contributed by atoms with Gasteiger partial charge >= 0.3 is 0 Å². The van der Waals surface area contributed by atoms with Gasteiger partial charge in [-0.25, -0.2) is 4.98 Å². The van der Waals surface area contributed by atoms with E-state index in [1.54, 1.807) is 0 Å². The summed E-state index contributed by atoms with van der Waals surface area (Å²) in [7, 11) is 0. The van der Waals surface area contributed by atoms with Crippen LogP contribution in [0.2, 0.25) is 0 Å². The van der Waals surface area contributed by atoms with Gasteiger partial charge in [0, 0.05) is 35.8 Å². The Balaban J connectivity index is 1.17. The molecule has 3 aromatic rings. The second-order valence-corrected chi connectivity index (χ2v) is 8.59. The molecule has 164 valence electrons. The van der Waals surface area contributed by atoms with Gasteiger partial charge in [-0.2, -0.15) is 0 Å². The topological polar surface area (TPSA) is 75.4 Å². The highest BCUT2D eigenvalue weighted by Gasteiger charge is 2.28. The lowest BCUT2D eigenvalue weighted by molar-refractivity contribution is -0.131. The third-order valence-corrected chi connectivity index (χ3v) is 6.41. The molecule has 6 heteroatoms. The summed E-state index contributed by atoms with van der Waals surface area (Å²) in [6, 6.07) is 15.2. The fraction of sp³-hybridized carbons (Fsp3) is 0.346. The van der Waals surface area contributed by atoms with Gasteiger partial charge in [0.2, 0.25) is 17.7 Å². The van der Waals surface area contributed by atoms with Crippen LogP contribution in [0.25, 0.3) is 22.6 Å². The Bertz CT molecular complexity index is 1120. The number of carbonyl (C=O) groups excluding carboxylic acids is 2. The average molecular weight is 430 g/mol. The van der Waals surface area contributed by atoms with Gasteiger partial charge in [0.1, 0.15) is 5.52 Å². The van der Waals surface area contributed by atoms with Crippen LogP contribution in [-0.4, -0.2) is 34.8 Å². The van der Waals surface area contributed by atoms with E-state index in [1.165, 1.54) is 6.42 Å².